The second-order valence-electron chi connectivity index (χ2n) is 11.2. The molecular weight excluding hydrogens is 474 g/mol. The van der Waals surface area contributed by atoms with Gasteiger partial charge in [0, 0.05) is 20.0 Å². The van der Waals surface area contributed by atoms with Gasteiger partial charge in [0.2, 0.25) is 23.6 Å². The third-order valence-corrected chi connectivity index (χ3v) is 7.09. The maximum Gasteiger partial charge on any atom is 0.246 e. The Morgan fingerprint density at radius 2 is 1.68 bits per heavy atom. The Balaban J connectivity index is 1.72. The number of amides is 4. The highest BCUT2D eigenvalue weighted by molar-refractivity contribution is 5.99. The Morgan fingerprint density at radius 3 is 2.32 bits per heavy atom. The zero-order valence-corrected chi connectivity index (χ0v) is 22.5. The van der Waals surface area contributed by atoms with Crippen LogP contribution < -0.4 is 16.0 Å². The maximum absolute atomic E-state index is 13.6. The molecule has 0 bridgehead atoms. The zero-order chi connectivity index (χ0) is 27.2. The van der Waals surface area contributed by atoms with Crippen molar-refractivity contribution in [2.24, 2.45) is 5.92 Å². The molecule has 37 heavy (non-hydrogen) atoms. The number of hydrogen-bond donors (Lipinski definition) is 4. The molecule has 204 valence electrons. The third-order valence-electron chi connectivity index (χ3n) is 7.09. The number of piperazine rings is 1. The van der Waals surface area contributed by atoms with Crippen molar-refractivity contribution in [3.8, 4) is 5.75 Å². The molecule has 4 atom stereocenters. The molecule has 2 aliphatic heterocycles. The molecule has 2 aliphatic rings. The van der Waals surface area contributed by atoms with Gasteiger partial charge < -0.3 is 30.4 Å². The van der Waals surface area contributed by atoms with Crippen molar-refractivity contribution in [2.45, 2.75) is 63.6 Å². The Bertz CT molecular complexity index is 974. The fourth-order valence-corrected chi connectivity index (χ4v) is 5.21. The van der Waals surface area contributed by atoms with E-state index in [1.54, 1.807) is 17.0 Å². The molecule has 2 saturated heterocycles. The summed E-state index contributed by atoms with van der Waals surface area (Å²) >= 11 is 0. The van der Waals surface area contributed by atoms with Crippen LogP contribution in [-0.2, 0) is 19.2 Å². The zero-order valence-electron chi connectivity index (χ0n) is 22.5. The molecule has 1 aromatic carbocycles. The fraction of sp³-hybridized carbons (Fsp3) is 0.630. The van der Waals surface area contributed by atoms with Gasteiger partial charge in [0.1, 0.15) is 17.8 Å². The first-order valence-corrected chi connectivity index (χ1v) is 13.2. The molecule has 0 saturated carbocycles. The van der Waals surface area contributed by atoms with Gasteiger partial charge in [-0.1, -0.05) is 12.1 Å². The second kappa shape index (κ2) is 12.4. The SMILES string of the molecule is CC(=O)NCCCC[C@@H]1NC(=O)[C@@H]2C[C@H](C(=O)NCCCC[N+](C)(C)C)[C@H](c3ccc(O)cc3)N2C1=O. The van der Waals surface area contributed by atoms with Crippen molar-refractivity contribution in [3.05, 3.63) is 29.8 Å². The number of carbonyl (C=O) groups excluding carboxylic acids is 4. The molecule has 4 amide bonds. The van der Waals surface area contributed by atoms with E-state index in [1.807, 2.05) is 0 Å². The van der Waals surface area contributed by atoms with Gasteiger partial charge in [-0.15, -0.1) is 0 Å². The van der Waals surface area contributed by atoms with Crippen LogP contribution in [0, 0.1) is 5.92 Å². The smallest absolute Gasteiger partial charge is 0.246 e. The van der Waals surface area contributed by atoms with Gasteiger partial charge in [-0.05, 0) is 56.2 Å². The summed E-state index contributed by atoms with van der Waals surface area (Å²) in [5.41, 5.74) is 0.720. The first kappa shape index (κ1) is 28.4. The van der Waals surface area contributed by atoms with Crippen LogP contribution in [0.2, 0.25) is 0 Å². The lowest BCUT2D eigenvalue weighted by atomic mass is 9.92. The number of unbranched alkanes of at least 4 members (excludes halogenated alkanes) is 2. The van der Waals surface area contributed by atoms with Crippen LogP contribution in [0.1, 0.15) is 57.1 Å². The Hall–Kier alpha value is -3.14. The number of nitrogens with one attached hydrogen (secondary N) is 3. The normalized spacial score (nSPS) is 23.4. The van der Waals surface area contributed by atoms with Crippen LogP contribution in [0.5, 0.6) is 5.75 Å². The molecule has 0 radical (unpaired) electrons. The molecule has 4 N–H and O–H groups in total. The van der Waals surface area contributed by atoms with Crippen molar-refractivity contribution in [2.75, 3.05) is 40.8 Å². The highest BCUT2D eigenvalue weighted by Crippen LogP contribution is 2.43. The van der Waals surface area contributed by atoms with Gasteiger partial charge >= 0.3 is 0 Å². The van der Waals surface area contributed by atoms with Gasteiger partial charge in [-0.3, -0.25) is 19.2 Å². The molecule has 0 spiro atoms. The summed E-state index contributed by atoms with van der Waals surface area (Å²) in [6.45, 7) is 3.52. The van der Waals surface area contributed by atoms with Crippen molar-refractivity contribution < 1.29 is 28.8 Å². The van der Waals surface area contributed by atoms with Gasteiger partial charge in [0.05, 0.1) is 39.6 Å². The average molecular weight is 517 g/mol. The molecular formula is C27H42N5O5+. The summed E-state index contributed by atoms with van der Waals surface area (Å²) in [7, 11) is 6.40. The van der Waals surface area contributed by atoms with E-state index in [4.69, 9.17) is 0 Å². The predicted molar refractivity (Wildman–Crippen MR) is 139 cm³/mol. The number of phenols is 1. The number of phenolic OH excluding ortho intramolecular Hbond substituents is 1. The maximum atomic E-state index is 13.6. The van der Waals surface area contributed by atoms with E-state index in [0.717, 1.165) is 29.4 Å². The van der Waals surface area contributed by atoms with Crippen molar-refractivity contribution in [1.82, 2.24) is 20.9 Å². The summed E-state index contributed by atoms with van der Waals surface area (Å²) in [6.07, 6.45) is 3.90. The number of aromatic hydroxyl groups is 1. The standard InChI is InChI=1S/C27H41N5O5/c1-18(33)28-14-6-5-9-22-27(37)31-23(26(36)30-22)17-21(24(31)19-10-12-20(34)13-11-19)25(35)29-15-7-8-16-32(2,3)4/h10-13,21-24H,5-9,14-17H2,1-4H3,(H3-,28,29,30,33,34,35,36)/p+1/t21-,22-,23-,24-/m0/s1. The molecule has 0 aliphatic carbocycles. The number of carbonyl (C=O) groups is 4. The predicted octanol–water partition coefficient (Wildman–Crippen LogP) is 1.06. The van der Waals surface area contributed by atoms with Crippen LogP contribution in [0.3, 0.4) is 0 Å². The summed E-state index contributed by atoms with van der Waals surface area (Å²) in [6, 6.07) is 4.54. The van der Waals surface area contributed by atoms with E-state index in [-0.39, 0.29) is 35.8 Å². The Kier molecular flexibility index (Phi) is 9.53. The van der Waals surface area contributed by atoms with Gasteiger partial charge in [-0.2, -0.15) is 0 Å². The van der Waals surface area contributed by atoms with Crippen molar-refractivity contribution in [1.29, 1.82) is 0 Å². The van der Waals surface area contributed by atoms with E-state index in [0.29, 0.717) is 32.4 Å². The van der Waals surface area contributed by atoms with E-state index in [2.05, 4.69) is 37.1 Å². The van der Waals surface area contributed by atoms with E-state index in [1.165, 1.54) is 19.1 Å². The van der Waals surface area contributed by atoms with Crippen LogP contribution in [0.15, 0.2) is 24.3 Å². The molecule has 10 nitrogen and oxygen atoms in total. The first-order chi connectivity index (χ1) is 17.5. The molecule has 0 unspecified atom stereocenters. The number of nitrogens with zero attached hydrogens (tertiary/aromatic N) is 2. The van der Waals surface area contributed by atoms with Crippen LogP contribution in [0.4, 0.5) is 0 Å². The fourth-order valence-electron chi connectivity index (χ4n) is 5.21. The summed E-state index contributed by atoms with van der Waals surface area (Å²) < 4.78 is 0.863. The lowest BCUT2D eigenvalue weighted by molar-refractivity contribution is -0.870. The minimum Gasteiger partial charge on any atom is -0.508 e. The second-order valence-corrected chi connectivity index (χ2v) is 11.2. The lowest BCUT2D eigenvalue weighted by Crippen LogP contribution is -2.61. The molecule has 3 rings (SSSR count). The average Bonchev–Trinajstić information content (AvgIpc) is 3.23. The highest BCUT2D eigenvalue weighted by Gasteiger charge is 2.54. The number of rotatable bonds is 12. The Morgan fingerprint density at radius 1 is 1.03 bits per heavy atom. The third kappa shape index (κ3) is 7.67. The summed E-state index contributed by atoms with van der Waals surface area (Å²) in [5.74, 6) is -1.17. The molecule has 2 heterocycles. The molecule has 1 aromatic rings. The Labute approximate surface area is 219 Å². The first-order valence-electron chi connectivity index (χ1n) is 13.2. The summed E-state index contributed by atoms with van der Waals surface area (Å²) in [5, 5.41) is 18.4. The molecule has 0 aromatic heterocycles. The van der Waals surface area contributed by atoms with Crippen molar-refractivity contribution >= 4 is 23.6 Å². The number of benzene rings is 1. The number of fused-ring (bicyclic) bond motifs is 1. The minimum absolute atomic E-state index is 0.0938. The monoisotopic (exact) mass is 516 g/mol. The van der Waals surface area contributed by atoms with Crippen molar-refractivity contribution in [3.63, 3.8) is 0 Å². The van der Waals surface area contributed by atoms with E-state index in [9.17, 15) is 24.3 Å². The molecule has 2 fully saturated rings. The van der Waals surface area contributed by atoms with Crippen LogP contribution >= 0.6 is 0 Å². The van der Waals surface area contributed by atoms with Crippen LogP contribution in [-0.4, -0.2) is 91.0 Å². The summed E-state index contributed by atoms with van der Waals surface area (Å²) in [4.78, 5) is 52.6. The van der Waals surface area contributed by atoms with Crippen LogP contribution in [0.25, 0.3) is 0 Å². The highest BCUT2D eigenvalue weighted by atomic mass is 16.3. The minimum atomic E-state index is -0.712. The van der Waals surface area contributed by atoms with Gasteiger partial charge in [0.25, 0.3) is 0 Å². The lowest BCUT2D eigenvalue weighted by Gasteiger charge is -2.38. The molecule has 10 heteroatoms. The van der Waals surface area contributed by atoms with Gasteiger partial charge in [0.15, 0.2) is 0 Å². The largest absolute Gasteiger partial charge is 0.508 e. The van der Waals surface area contributed by atoms with Gasteiger partial charge in [-0.25, -0.2) is 0 Å². The number of hydrogen-bond acceptors (Lipinski definition) is 5. The van der Waals surface area contributed by atoms with E-state index >= 15 is 0 Å². The quantitative estimate of drug-likeness (QED) is 0.244. The number of quaternary nitrogens is 1. The van der Waals surface area contributed by atoms with E-state index < -0.39 is 24.0 Å². The topological polar surface area (TPSA) is 128 Å².